The predicted octanol–water partition coefficient (Wildman–Crippen LogP) is 6.12. The van der Waals surface area contributed by atoms with Crippen LogP contribution in [0.25, 0.3) is 0 Å². The first-order chi connectivity index (χ1) is 20.3. The van der Waals surface area contributed by atoms with Crippen LogP contribution in [0.2, 0.25) is 0 Å². The van der Waals surface area contributed by atoms with Crippen LogP contribution in [0, 0.1) is 19.3 Å². The lowest BCUT2D eigenvalue weighted by Gasteiger charge is -2.38. The highest BCUT2D eigenvalue weighted by atomic mass is 16.6. The number of rotatable bonds is 10. The summed E-state index contributed by atoms with van der Waals surface area (Å²) in [5.41, 5.74) is 2.34. The summed E-state index contributed by atoms with van der Waals surface area (Å²) < 4.78 is 5.50. The van der Waals surface area contributed by atoms with E-state index in [9.17, 15) is 19.5 Å². The Balaban J connectivity index is 2.14. The summed E-state index contributed by atoms with van der Waals surface area (Å²) in [5.74, 6) is 1.81. The zero-order valence-corrected chi connectivity index (χ0v) is 25.7. The molecule has 0 saturated carbocycles. The van der Waals surface area contributed by atoms with E-state index in [1.807, 2.05) is 39.0 Å². The molecule has 0 radical (unpaired) electrons. The molecule has 0 heterocycles. The number of amides is 3. The number of phenolic OH excluding ortho intramolecular Hbond substituents is 1. The number of carbonyl (C=O) groups is 3. The lowest BCUT2D eigenvalue weighted by atomic mass is 9.94. The zero-order valence-electron chi connectivity index (χ0n) is 25.7. The van der Waals surface area contributed by atoms with E-state index >= 15 is 0 Å². The van der Waals surface area contributed by atoms with Gasteiger partial charge >= 0.3 is 6.09 Å². The monoisotopic (exact) mass is 583 g/mol. The van der Waals surface area contributed by atoms with Gasteiger partial charge in [-0.2, -0.15) is 0 Å². The molecule has 43 heavy (non-hydrogen) atoms. The van der Waals surface area contributed by atoms with E-state index in [1.165, 1.54) is 17.0 Å². The molecule has 0 aliphatic rings. The average Bonchev–Trinajstić information content (AvgIpc) is 2.96. The summed E-state index contributed by atoms with van der Waals surface area (Å²) in [6.45, 7) is 10.9. The second-order valence-electron chi connectivity index (χ2n) is 11.5. The molecular weight excluding hydrogens is 542 g/mol. The summed E-state index contributed by atoms with van der Waals surface area (Å²) in [6, 6.07) is 18.2. The highest BCUT2D eigenvalue weighted by molar-refractivity contribution is 6.00. The maximum atomic E-state index is 14.6. The number of alkyl carbamates (subject to hydrolysis) is 1. The molecule has 3 atom stereocenters. The van der Waals surface area contributed by atoms with Gasteiger partial charge in [-0.15, -0.1) is 6.42 Å². The van der Waals surface area contributed by atoms with Crippen LogP contribution in [0.1, 0.15) is 69.3 Å². The van der Waals surface area contributed by atoms with Gasteiger partial charge in [-0.25, -0.2) is 4.79 Å². The normalized spacial score (nSPS) is 13.1. The number of carbonyl (C=O) groups excluding carboxylic acids is 3. The van der Waals surface area contributed by atoms with Crippen LogP contribution in [0.4, 0.5) is 10.5 Å². The minimum atomic E-state index is -1.11. The fourth-order valence-electron chi connectivity index (χ4n) is 4.69. The second-order valence-corrected chi connectivity index (χ2v) is 11.5. The average molecular weight is 584 g/mol. The number of aryl methyl sites for hydroxylation is 1. The molecule has 0 aromatic heterocycles. The fraction of sp³-hybridized carbons (Fsp3) is 0.343. The van der Waals surface area contributed by atoms with E-state index in [4.69, 9.17) is 11.2 Å². The van der Waals surface area contributed by atoms with Crippen molar-refractivity contribution >= 4 is 23.6 Å². The number of benzene rings is 3. The number of terminal acetylenes is 1. The first kappa shape index (κ1) is 32.7. The minimum absolute atomic E-state index is 0.0757. The third-order valence-electron chi connectivity index (χ3n) is 7.03. The van der Waals surface area contributed by atoms with Crippen LogP contribution in [-0.4, -0.2) is 45.6 Å². The lowest BCUT2D eigenvalue weighted by molar-refractivity contribution is -0.143. The maximum Gasteiger partial charge on any atom is 0.408 e. The smallest absolute Gasteiger partial charge is 0.408 e. The van der Waals surface area contributed by atoms with Crippen molar-refractivity contribution in [1.82, 2.24) is 10.2 Å². The standard InChI is InChI=1S/C35H41N3O5/c1-8-24(4)38(33(41)30(37-34(42)43-35(5,6)7)22-25-18-20-27(39)21-19-25)31(28-16-12-11-15-26(28)9-2)32(40)36-29-17-13-10-14-23(29)3/h2,10-21,24,30-31,39H,8,22H2,1,3-7H3,(H,36,40)(H,37,42). The SMILES string of the molecule is C#Cc1ccccc1C(C(=O)Nc1ccccc1C)N(C(=O)C(Cc1ccc(O)cc1)NC(=O)OC(C)(C)C)C(C)CC. The van der Waals surface area contributed by atoms with Crippen LogP contribution < -0.4 is 10.6 Å². The summed E-state index contributed by atoms with van der Waals surface area (Å²) in [4.78, 5) is 43.3. The van der Waals surface area contributed by atoms with Gasteiger partial charge in [0.15, 0.2) is 0 Å². The van der Waals surface area contributed by atoms with Gasteiger partial charge in [0.25, 0.3) is 5.91 Å². The van der Waals surface area contributed by atoms with Crippen molar-refractivity contribution in [3.05, 3.63) is 95.1 Å². The van der Waals surface area contributed by atoms with Crippen LogP contribution in [0.5, 0.6) is 5.75 Å². The number of anilines is 1. The van der Waals surface area contributed by atoms with E-state index in [0.717, 1.165) is 5.56 Å². The number of para-hydroxylation sites is 1. The summed E-state index contributed by atoms with van der Waals surface area (Å²) >= 11 is 0. The molecule has 8 nitrogen and oxygen atoms in total. The molecule has 3 aromatic carbocycles. The van der Waals surface area contributed by atoms with Crippen molar-refractivity contribution in [1.29, 1.82) is 0 Å². The van der Waals surface area contributed by atoms with E-state index < -0.39 is 41.6 Å². The molecule has 226 valence electrons. The molecule has 3 unspecified atom stereocenters. The van der Waals surface area contributed by atoms with Crippen molar-refractivity contribution in [3.63, 3.8) is 0 Å². The summed E-state index contributed by atoms with van der Waals surface area (Å²) in [7, 11) is 0. The Labute approximate surface area is 254 Å². The van der Waals surface area contributed by atoms with Crippen LogP contribution >= 0.6 is 0 Å². The second kappa shape index (κ2) is 14.4. The molecule has 0 spiro atoms. The number of nitrogens with one attached hydrogen (secondary N) is 2. The highest BCUT2D eigenvalue weighted by Gasteiger charge is 2.39. The number of phenols is 1. The Morgan fingerprint density at radius 1 is 1.00 bits per heavy atom. The van der Waals surface area contributed by atoms with E-state index in [2.05, 4.69) is 16.6 Å². The van der Waals surface area contributed by atoms with Crippen LogP contribution in [0.15, 0.2) is 72.8 Å². The van der Waals surface area contributed by atoms with E-state index in [0.29, 0.717) is 28.8 Å². The number of ether oxygens (including phenoxy) is 1. The Hall–Kier alpha value is -4.77. The molecule has 3 rings (SSSR count). The Kier molecular flexibility index (Phi) is 11.0. The third kappa shape index (κ3) is 8.86. The first-order valence-electron chi connectivity index (χ1n) is 14.4. The molecular formula is C35H41N3O5. The maximum absolute atomic E-state index is 14.6. The molecule has 8 heteroatoms. The Morgan fingerprint density at radius 3 is 2.23 bits per heavy atom. The van der Waals surface area contributed by atoms with Gasteiger partial charge in [-0.3, -0.25) is 9.59 Å². The van der Waals surface area contributed by atoms with E-state index in [1.54, 1.807) is 63.2 Å². The molecule has 3 amide bonds. The van der Waals surface area contributed by atoms with Gasteiger partial charge < -0.3 is 25.4 Å². The van der Waals surface area contributed by atoms with Gasteiger partial charge in [0, 0.05) is 23.7 Å². The fourth-order valence-corrected chi connectivity index (χ4v) is 4.69. The Bertz CT molecular complexity index is 1470. The van der Waals surface area contributed by atoms with Crippen LogP contribution in [-0.2, 0) is 20.7 Å². The lowest BCUT2D eigenvalue weighted by Crippen LogP contribution is -2.55. The molecule has 0 aliphatic heterocycles. The van der Waals surface area contributed by atoms with Gasteiger partial charge in [0.1, 0.15) is 23.4 Å². The molecule has 3 aromatic rings. The summed E-state index contributed by atoms with van der Waals surface area (Å²) in [6.07, 6.45) is 5.72. The first-order valence-corrected chi connectivity index (χ1v) is 14.4. The molecule has 0 bridgehead atoms. The number of nitrogens with zero attached hydrogens (tertiary/aromatic N) is 1. The number of hydrogen-bond acceptors (Lipinski definition) is 5. The van der Waals surface area contributed by atoms with Gasteiger partial charge in [-0.1, -0.05) is 61.4 Å². The highest BCUT2D eigenvalue weighted by Crippen LogP contribution is 2.30. The van der Waals surface area contributed by atoms with Crippen molar-refractivity contribution in [2.75, 3.05) is 5.32 Å². The topological polar surface area (TPSA) is 108 Å². The van der Waals surface area contributed by atoms with Gasteiger partial charge in [0.05, 0.1) is 0 Å². The van der Waals surface area contributed by atoms with Crippen molar-refractivity contribution in [3.8, 4) is 18.1 Å². The zero-order chi connectivity index (χ0) is 31.7. The number of aromatic hydroxyl groups is 1. The number of hydrogen-bond donors (Lipinski definition) is 3. The Morgan fingerprint density at radius 2 is 1.63 bits per heavy atom. The molecule has 0 aliphatic carbocycles. The van der Waals surface area contributed by atoms with Crippen LogP contribution in [0.3, 0.4) is 0 Å². The van der Waals surface area contributed by atoms with Crippen molar-refractivity contribution in [2.45, 2.75) is 78.1 Å². The van der Waals surface area contributed by atoms with E-state index in [-0.39, 0.29) is 12.2 Å². The molecule has 3 N–H and O–H groups in total. The minimum Gasteiger partial charge on any atom is -0.508 e. The van der Waals surface area contributed by atoms with Crippen molar-refractivity contribution in [2.24, 2.45) is 0 Å². The quantitative estimate of drug-likeness (QED) is 0.249. The molecule has 0 fully saturated rings. The third-order valence-corrected chi connectivity index (χ3v) is 7.03. The van der Waals surface area contributed by atoms with Crippen molar-refractivity contribution < 1.29 is 24.2 Å². The van der Waals surface area contributed by atoms with Gasteiger partial charge in [-0.05, 0) is 82.0 Å². The predicted molar refractivity (Wildman–Crippen MR) is 168 cm³/mol. The largest absolute Gasteiger partial charge is 0.508 e. The summed E-state index contributed by atoms with van der Waals surface area (Å²) in [5, 5.41) is 15.5. The van der Waals surface area contributed by atoms with Gasteiger partial charge in [0.2, 0.25) is 5.91 Å². The molecule has 0 saturated heterocycles.